The monoisotopic (exact) mass is 425 g/mol. The molecule has 1 aromatic rings. The maximum atomic E-state index is 12.7. The smallest absolute Gasteiger partial charge is 0.374 e. The summed E-state index contributed by atoms with van der Waals surface area (Å²) in [6.07, 6.45) is 4.71. The Morgan fingerprint density at radius 3 is 2.71 bits per heavy atom. The van der Waals surface area contributed by atoms with Gasteiger partial charge in [-0.15, -0.1) is 0 Å². The van der Waals surface area contributed by atoms with Gasteiger partial charge in [0.1, 0.15) is 6.10 Å². The maximum Gasteiger partial charge on any atom is 0.374 e. The standard InChI is InChI=1S/C24H27NO6/c1-6-20(26)30-19-11-15-10-17-16(13(2)22(27)25(17)5)12-24(15,4)14(3)21(19)31-23(28)18-8-7-9-29-18/h7-11,14,19,21H,6,12H2,1-5H3/t14-,19+,21+,24+/m0/s1. The van der Waals surface area contributed by atoms with Gasteiger partial charge in [0, 0.05) is 36.1 Å². The normalized spacial score (nSPS) is 29.8. The van der Waals surface area contributed by atoms with E-state index in [0.717, 1.165) is 22.4 Å². The van der Waals surface area contributed by atoms with Gasteiger partial charge < -0.3 is 18.8 Å². The van der Waals surface area contributed by atoms with Gasteiger partial charge in [-0.1, -0.05) is 20.8 Å². The second kappa shape index (κ2) is 7.55. The molecule has 3 aliphatic rings. The Balaban J connectivity index is 1.76. The van der Waals surface area contributed by atoms with Crippen molar-refractivity contribution in [1.82, 2.24) is 4.90 Å². The number of carbonyl (C=O) groups excluding carboxylic acids is 3. The molecule has 0 saturated carbocycles. The lowest BCUT2D eigenvalue weighted by Crippen LogP contribution is -2.50. The highest BCUT2D eigenvalue weighted by atomic mass is 16.6. The largest absolute Gasteiger partial charge is 0.457 e. The number of amides is 1. The molecule has 1 amide bonds. The number of hydrogen-bond acceptors (Lipinski definition) is 6. The molecule has 0 unspecified atom stereocenters. The molecule has 0 N–H and O–H groups in total. The summed E-state index contributed by atoms with van der Waals surface area (Å²) in [5.41, 5.74) is 3.22. The zero-order chi connectivity index (χ0) is 22.5. The molecule has 1 aliphatic heterocycles. The van der Waals surface area contributed by atoms with E-state index in [1.54, 1.807) is 24.9 Å². The molecular formula is C24H27NO6. The molecule has 0 fully saturated rings. The van der Waals surface area contributed by atoms with E-state index in [2.05, 4.69) is 6.92 Å². The average molecular weight is 425 g/mol. The first-order chi connectivity index (χ1) is 14.7. The summed E-state index contributed by atoms with van der Waals surface area (Å²) in [6, 6.07) is 3.15. The van der Waals surface area contributed by atoms with Gasteiger partial charge in [-0.3, -0.25) is 9.59 Å². The van der Waals surface area contributed by atoms with Crippen molar-refractivity contribution >= 4 is 17.8 Å². The summed E-state index contributed by atoms with van der Waals surface area (Å²) in [5, 5.41) is 0. The number of hydrogen-bond donors (Lipinski definition) is 0. The Morgan fingerprint density at radius 1 is 1.32 bits per heavy atom. The first-order valence-electron chi connectivity index (χ1n) is 10.5. The van der Waals surface area contributed by atoms with Gasteiger partial charge in [-0.25, -0.2) is 4.79 Å². The van der Waals surface area contributed by atoms with E-state index in [9.17, 15) is 14.4 Å². The Bertz CT molecular complexity index is 1030. The number of ether oxygens (including phenoxy) is 2. The van der Waals surface area contributed by atoms with E-state index in [1.807, 2.05) is 26.0 Å². The molecule has 31 heavy (non-hydrogen) atoms. The minimum Gasteiger partial charge on any atom is -0.457 e. The van der Waals surface area contributed by atoms with Crippen LogP contribution in [0.15, 0.2) is 57.4 Å². The van der Waals surface area contributed by atoms with Gasteiger partial charge >= 0.3 is 11.9 Å². The van der Waals surface area contributed by atoms with Crippen LogP contribution < -0.4 is 0 Å². The fourth-order valence-corrected chi connectivity index (χ4v) is 4.74. The molecule has 0 saturated heterocycles. The first kappa shape index (κ1) is 21.2. The third kappa shape index (κ3) is 3.32. The molecule has 4 rings (SSSR count). The molecule has 2 heterocycles. The van der Waals surface area contributed by atoms with Crippen LogP contribution in [-0.2, 0) is 19.1 Å². The van der Waals surface area contributed by atoms with Crippen molar-refractivity contribution in [2.45, 2.75) is 52.7 Å². The number of likely N-dealkylation sites (N-methyl/N-ethyl adjacent to an activating group) is 1. The predicted molar refractivity (Wildman–Crippen MR) is 112 cm³/mol. The molecule has 164 valence electrons. The van der Waals surface area contributed by atoms with Crippen LogP contribution in [0.4, 0.5) is 0 Å². The van der Waals surface area contributed by atoms with Crippen molar-refractivity contribution < 1.29 is 28.3 Å². The molecule has 0 bridgehead atoms. The minimum absolute atomic E-state index is 0.00786. The fourth-order valence-electron chi connectivity index (χ4n) is 4.74. The Hall–Kier alpha value is -3.09. The van der Waals surface area contributed by atoms with Crippen molar-refractivity contribution in [1.29, 1.82) is 0 Å². The van der Waals surface area contributed by atoms with Gasteiger partial charge in [0.2, 0.25) is 5.76 Å². The van der Waals surface area contributed by atoms with Gasteiger partial charge in [0.15, 0.2) is 6.10 Å². The number of nitrogens with zero attached hydrogens (tertiary/aromatic N) is 1. The van der Waals surface area contributed by atoms with Crippen molar-refractivity contribution in [3.05, 3.63) is 58.7 Å². The first-order valence-corrected chi connectivity index (χ1v) is 10.5. The Kier molecular flexibility index (Phi) is 5.15. The van der Waals surface area contributed by atoms with Crippen LogP contribution in [0.1, 0.15) is 51.1 Å². The summed E-state index contributed by atoms with van der Waals surface area (Å²) >= 11 is 0. The Labute approximate surface area is 181 Å². The summed E-state index contributed by atoms with van der Waals surface area (Å²) in [4.78, 5) is 38.9. The molecular weight excluding hydrogens is 398 g/mol. The van der Waals surface area contributed by atoms with Crippen LogP contribution in [0.25, 0.3) is 0 Å². The summed E-state index contributed by atoms with van der Waals surface area (Å²) in [6.45, 7) is 7.67. The number of carbonyl (C=O) groups is 3. The Morgan fingerprint density at radius 2 is 2.06 bits per heavy atom. The van der Waals surface area contributed by atoms with Crippen LogP contribution in [0, 0.1) is 11.3 Å². The van der Waals surface area contributed by atoms with E-state index < -0.39 is 23.6 Å². The van der Waals surface area contributed by atoms with Gasteiger partial charge in [0.25, 0.3) is 5.91 Å². The van der Waals surface area contributed by atoms with E-state index >= 15 is 0 Å². The van der Waals surface area contributed by atoms with Gasteiger partial charge in [0.05, 0.1) is 6.26 Å². The molecule has 0 radical (unpaired) electrons. The molecule has 0 aromatic carbocycles. The highest BCUT2D eigenvalue weighted by Crippen LogP contribution is 2.54. The average Bonchev–Trinajstić information content (AvgIpc) is 3.35. The van der Waals surface area contributed by atoms with Crippen molar-refractivity contribution in [2.75, 3.05) is 7.05 Å². The van der Waals surface area contributed by atoms with Crippen LogP contribution >= 0.6 is 0 Å². The zero-order valence-corrected chi connectivity index (χ0v) is 18.4. The quantitative estimate of drug-likeness (QED) is 0.683. The fraction of sp³-hybridized carbons (Fsp3) is 0.458. The van der Waals surface area contributed by atoms with Crippen LogP contribution in [0.2, 0.25) is 0 Å². The van der Waals surface area contributed by atoms with E-state index in [0.29, 0.717) is 6.42 Å². The van der Waals surface area contributed by atoms with Crippen molar-refractivity contribution in [3.63, 3.8) is 0 Å². The second-order valence-electron chi connectivity index (χ2n) is 8.66. The predicted octanol–water partition coefficient (Wildman–Crippen LogP) is 3.79. The number of rotatable bonds is 4. The zero-order valence-electron chi connectivity index (χ0n) is 18.4. The lowest BCUT2D eigenvalue weighted by atomic mass is 9.59. The third-order valence-electron chi connectivity index (χ3n) is 6.93. The van der Waals surface area contributed by atoms with E-state index in [1.165, 1.54) is 12.3 Å². The number of allylic oxidation sites excluding steroid dienone is 3. The molecule has 2 aliphatic carbocycles. The second-order valence-corrected chi connectivity index (χ2v) is 8.66. The van der Waals surface area contributed by atoms with Crippen LogP contribution in [-0.4, -0.2) is 42.0 Å². The molecule has 7 heteroatoms. The number of furan rings is 1. The lowest BCUT2D eigenvalue weighted by Gasteiger charge is -2.48. The van der Waals surface area contributed by atoms with Gasteiger partial charge in [-0.2, -0.15) is 0 Å². The summed E-state index contributed by atoms with van der Waals surface area (Å²) < 4.78 is 16.7. The molecule has 1 aromatic heterocycles. The van der Waals surface area contributed by atoms with Gasteiger partial charge in [-0.05, 0) is 48.8 Å². The third-order valence-corrected chi connectivity index (χ3v) is 6.93. The number of fused-ring (bicyclic) bond motifs is 2. The molecule has 0 spiro atoms. The highest BCUT2D eigenvalue weighted by molar-refractivity contribution is 6.00. The lowest BCUT2D eigenvalue weighted by molar-refractivity contribution is -0.156. The molecule has 7 nitrogen and oxygen atoms in total. The van der Waals surface area contributed by atoms with Crippen molar-refractivity contribution in [2.24, 2.45) is 11.3 Å². The van der Waals surface area contributed by atoms with Crippen LogP contribution in [0.3, 0.4) is 0 Å². The highest BCUT2D eigenvalue weighted by Gasteiger charge is 2.52. The summed E-state index contributed by atoms with van der Waals surface area (Å²) in [7, 11) is 1.77. The minimum atomic E-state index is -0.727. The molecule has 4 atom stereocenters. The number of esters is 2. The van der Waals surface area contributed by atoms with E-state index in [-0.39, 0.29) is 30.0 Å². The topological polar surface area (TPSA) is 86.0 Å². The van der Waals surface area contributed by atoms with E-state index in [4.69, 9.17) is 13.9 Å². The van der Waals surface area contributed by atoms with Crippen molar-refractivity contribution in [3.8, 4) is 0 Å². The maximum absolute atomic E-state index is 12.7. The van der Waals surface area contributed by atoms with Crippen LogP contribution in [0.5, 0.6) is 0 Å². The SMILES string of the molecule is CCC(=O)O[C@@H]1C=C2C=C3C(=C(C)C(=O)N3C)C[C@]2(C)[C@@H](C)[C@H]1OC(=O)c1ccco1. The summed E-state index contributed by atoms with van der Waals surface area (Å²) in [5.74, 6) is -1.06.